The molecule has 0 saturated heterocycles. The minimum atomic E-state index is -3.50. The second kappa shape index (κ2) is 5.28. The van der Waals surface area contributed by atoms with Gasteiger partial charge in [-0.05, 0) is 24.5 Å². The van der Waals surface area contributed by atoms with Crippen LogP contribution in [0, 0.1) is 0 Å². The van der Waals surface area contributed by atoms with Gasteiger partial charge >= 0.3 is 0 Å². The van der Waals surface area contributed by atoms with Crippen LogP contribution in [0.25, 0.3) is 0 Å². The van der Waals surface area contributed by atoms with Crippen molar-refractivity contribution in [1.29, 1.82) is 0 Å². The first-order chi connectivity index (χ1) is 8.10. The molecule has 0 amide bonds. The molecular formula is C12H21NO3S2. The lowest BCUT2D eigenvalue weighted by atomic mass is 9.95. The molecule has 18 heavy (non-hydrogen) atoms. The average molecular weight is 291 g/mol. The van der Waals surface area contributed by atoms with Crippen LogP contribution in [0.15, 0.2) is 16.3 Å². The molecule has 1 heterocycles. The quantitative estimate of drug-likeness (QED) is 0.923. The summed E-state index contributed by atoms with van der Waals surface area (Å²) in [6.45, 7) is 7.64. The highest BCUT2D eigenvalue weighted by Crippen LogP contribution is 2.33. The Balaban J connectivity index is 3.11. The standard InChI is InChI=1S/C12H21NO3S2/c1-9(8-14)13(5)18(15,16)11-7-6-10(17-11)12(2,3)4/h6-7,9,14H,8H2,1-5H3. The summed E-state index contributed by atoms with van der Waals surface area (Å²) in [4.78, 5) is 1.03. The molecule has 0 saturated carbocycles. The average Bonchev–Trinajstić information content (AvgIpc) is 2.76. The van der Waals surface area contributed by atoms with Gasteiger partial charge in [0.25, 0.3) is 10.0 Å². The van der Waals surface area contributed by atoms with Gasteiger partial charge in [-0.25, -0.2) is 8.42 Å². The zero-order valence-electron chi connectivity index (χ0n) is 11.5. The molecule has 0 aromatic carbocycles. The predicted octanol–water partition coefficient (Wildman–Crippen LogP) is 2.05. The molecule has 0 fully saturated rings. The Labute approximate surface area is 113 Å². The lowest BCUT2D eigenvalue weighted by Crippen LogP contribution is -2.36. The van der Waals surface area contributed by atoms with Crippen LogP contribution in [0.3, 0.4) is 0 Å². The fraction of sp³-hybridized carbons (Fsp3) is 0.667. The molecule has 6 heteroatoms. The molecule has 1 unspecified atom stereocenters. The zero-order chi connectivity index (χ0) is 14.1. The minimum Gasteiger partial charge on any atom is -0.395 e. The van der Waals surface area contributed by atoms with E-state index in [0.717, 1.165) is 4.88 Å². The summed E-state index contributed by atoms with van der Waals surface area (Å²) >= 11 is 1.29. The molecule has 0 spiro atoms. The lowest BCUT2D eigenvalue weighted by molar-refractivity contribution is 0.214. The van der Waals surface area contributed by atoms with E-state index >= 15 is 0 Å². The monoisotopic (exact) mass is 291 g/mol. The third-order valence-corrected chi connectivity index (χ3v) is 6.79. The van der Waals surface area contributed by atoms with Crippen molar-refractivity contribution in [2.75, 3.05) is 13.7 Å². The third-order valence-electron chi connectivity index (χ3n) is 2.84. The number of sulfonamides is 1. The first-order valence-corrected chi connectivity index (χ1v) is 8.05. The van der Waals surface area contributed by atoms with Crippen LogP contribution < -0.4 is 0 Å². The maximum absolute atomic E-state index is 12.3. The van der Waals surface area contributed by atoms with Crippen molar-refractivity contribution in [3.05, 3.63) is 17.0 Å². The topological polar surface area (TPSA) is 57.6 Å². The van der Waals surface area contributed by atoms with Gasteiger partial charge in [0.1, 0.15) is 4.21 Å². The van der Waals surface area contributed by atoms with Crippen molar-refractivity contribution in [2.24, 2.45) is 0 Å². The molecule has 104 valence electrons. The lowest BCUT2D eigenvalue weighted by Gasteiger charge is -2.21. The molecule has 0 aliphatic rings. The van der Waals surface area contributed by atoms with E-state index in [2.05, 4.69) is 20.8 Å². The number of likely N-dealkylation sites (N-methyl/N-ethyl adjacent to an activating group) is 1. The van der Waals surface area contributed by atoms with E-state index in [-0.39, 0.29) is 12.0 Å². The van der Waals surface area contributed by atoms with Crippen LogP contribution in [-0.2, 0) is 15.4 Å². The molecule has 1 aromatic rings. The fourth-order valence-corrected chi connectivity index (χ4v) is 4.26. The van der Waals surface area contributed by atoms with Crippen molar-refractivity contribution >= 4 is 21.4 Å². The normalized spacial score (nSPS) is 15.1. The Morgan fingerprint density at radius 3 is 2.33 bits per heavy atom. The van der Waals surface area contributed by atoms with Crippen molar-refractivity contribution in [1.82, 2.24) is 4.31 Å². The third kappa shape index (κ3) is 3.12. The van der Waals surface area contributed by atoms with Crippen LogP contribution in [0.2, 0.25) is 0 Å². The molecular weight excluding hydrogens is 270 g/mol. The summed E-state index contributed by atoms with van der Waals surface area (Å²) in [5, 5.41) is 9.05. The molecule has 1 rings (SSSR count). The van der Waals surface area contributed by atoms with Crippen LogP contribution >= 0.6 is 11.3 Å². The number of hydrogen-bond acceptors (Lipinski definition) is 4. The smallest absolute Gasteiger partial charge is 0.252 e. The SMILES string of the molecule is CC(CO)N(C)S(=O)(=O)c1ccc(C(C)(C)C)s1. The van der Waals surface area contributed by atoms with Crippen molar-refractivity contribution in [3.8, 4) is 0 Å². The van der Waals surface area contributed by atoms with Gasteiger partial charge in [-0.15, -0.1) is 11.3 Å². The van der Waals surface area contributed by atoms with E-state index in [1.807, 2.05) is 6.07 Å². The second-order valence-electron chi connectivity index (χ2n) is 5.42. The summed E-state index contributed by atoms with van der Waals surface area (Å²) in [5.41, 5.74) is -0.0559. The van der Waals surface area contributed by atoms with Crippen LogP contribution in [0.4, 0.5) is 0 Å². The summed E-state index contributed by atoms with van der Waals surface area (Å²) in [7, 11) is -2.01. The highest BCUT2D eigenvalue weighted by atomic mass is 32.2. The molecule has 0 radical (unpaired) electrons. The number of nitrogens with zero attached hydrogens (tertiary/aromatic N) is 1. The maximum Gasteiger partial charge on any atom is 0.252 e. The van der Waals surface area contributed by atoms with Gasteiger partial charge in [0.15, 0.2) is 0 Å². The van der Waals surface area contributed by atoms with E-state index in [9.17, 15) is 8.42 Å². The Kier molecular flexibility index (Phi) is 4.59. The molecule has 0 aliphatic heterocycles. The highest BCUT2D eigenvalue weighted by molar-refractivity contribution is 7.91. The van der Waals surface area contributed by atoms with E-state index < -0.39 is 16.1 Å². The highest BCUT2D eigenvalue weighted by Gasteiger charge is 2.28. The minimum absolute atomic E-state index is 0.0559. The van der Waals surface area contributed by atoms with E-state index in [1.54, 1.807) is 13.0 Å². The first kappa shape index (κ1) is 15.6. The number of hydrogen-bond donors (Lipinski definition) is 1. The Bertz CT molecular complexity index is 500. The van der Waals surface area contributed by atoms with Gasteiger partial charge < -0.3 is 5.11 Å². The number of rotatable bonds is 4. The van der Waals surface area contributed by atoms with Crippen molar-refractivity contribution < 1.29 is 13.5 Å². The number of thiophene rings is 1. The Morgan fingerprint density at radius 2 is 1.94 bits per heavy atom. The van der Waals surface area contributed by atoms with Gasteiger partial charge in [-0.1, -0.05) is 20.8 Å². The Hall–Kier alpha value is -0.430. The van der Waals surface area contributed by atoms with Crippen LogP contribution in [0.1, 0.15) is 32.6 Å². The molecule has 4 nitrogen and oxygen atoms in total. The number of aliphatic hydroxyl groups excluding tert-OH is 1. The van der Waals surface area contributed by atoms with E-state index in [0.29, 0.717) is 4.21 Å². The largest absolute Gasteiger partial charge is 0.395 e. The zero-order valence-corrected chi connectivity index (χ0v) is 13.1. The van der Waals surface area contributed by atoms with E-state index in [1.165, 1.54) is 22.7 Å². The van der Waals surface area contributed by atoms with Crippen molar-refractivity contribution in [2.45, 2.75) is 43.4 Å². The van der Waals surface area contributed by atoms with Crippen LogP contribution in [0.5, 0.6) is 0 Å². The summed E-state index contributed by atoms with van der Waals surface area (Å²) in [6, 6.07) is 3.08. The summed E-state index contributed by atoms with van der Waals surface area (Å²) in [6.07, 6.45) is 0. The van der Waals surface area contributed by atoms with Gasteiger partial charge in [-0.2, -0.15) is 4.31 Å². The van der Waals surface area contributed by atoms with Gasteiger partial charge in [0.05, 0.1) is 6.61 Å². The number of aliphatic hydroxyl groups is 1. The fourth-order valence-electron chi connectivity index (χ4n) is 1.36. The first-order valence-electron chi connectivity index (χ1n) is 5.80. The molecule has 0 aliphatic carbocycles. The maximum atomic E-state index is 12.3. The van der Waals surface area contributed by atoms with Gasteiger partial charge in [-0.3, -0.25) is 0 Å². The summed E-state index contributed by atoms with van der Waals surface area (Å²) < 4.78 is 26.1. The Morgan fingerprint density at radius 1 is 1.39 bits per heavy atom. The second-order valence-corrected chi connectivity index (χ2v) is 8.73. The summed E-state index contributed by atoms with van der Waals surface area (Å²) in [5.74, 6) is 0. The van der Waals surface area contributed by atoms with Crippen LogP contribution in [-0.4, -0.2) is 37.5 Å². The van der Waals surface area contributed by atoms with Gasteiger partial charge in [0, 0.05) is 18.0 Å². The predicted molar refractivity (Wildman–Crippen MR) is 74.5 cm³/mol. The molecule has 1 atom stereocenters. The molecule has 1 aromatic heterocycles. The molecule has 1 N–H and O–H groups in total. The van der Waals surface area contributed by atoms with Crippen molar-refractivity contribution in [3.63, 3.8) is 0 Å². The van der Waals surface area contributed by atoms with Gasteiger partial charge in [0.2, 0.25) is 0 Å². The molecule has 0 bridgehead atoms. The van der Waals surface area contributed by atoms with E-state index in [4.69, 9.17) is 5.11 Å².